The highest BCUT2D eigenvalue weighted by Gasteiger charge is 2.48. The zero-order valence-electron chi connectivity index (χ0n) is 80.2. The van der Waals surface area contributed by atoms with Gasteiger partial charge in [-0.1, -0.05) is 162 Å². The van der Waals surface area contributed by atoms with Crippen LogP contribution in [0.3, 0.4) is 0 Å². The lowest BCUT2D eigenvalue weighted by molar-refractivity contribution is -0.196. The molecule has 5 unspecified atom stereocenters. The average molecular weight is 1960 g/mol. The summed E-state index contributed by atoms with van der Waals surface area (Å²) in [6.07, 6.45) is 29.5. The van der Waals surface area contributed by atoms with E-state index < -0.39 is 17.0 Å². The van der Waals surface area contributed by atoms with Gasteiger partial charge < -0.3 is 77.4 Å². The van der Waals surface area contributed by atoms with E-state index in [9.17, 15) is 29.1 Å². The number of fused-ring (bicyclic) bond motifs is 8. The van der Waals surface area contributed by atoms with Gasteiger partial charge in [0.2, 0.25) is 5.79 Å². The number of oxime groups is 1. The van der Waals surface area contributed by atoms with Gasteiger partial charge in [0.1, 0.15) is 34.2 Å². The Kier molecular flexibility index (Phi) is 33.9. The number of amides is 2. The van der Waals surface area contributed by atoms with Crippen molar-refractivity contribution in [1.82, 2.24) is 65.6 Å². The second kappa shape index (κ2) is 45.8. The number of thiazole rings is 3. The van der Waals surface area contributed by atoms with Crippen LogP contribution >= 0.6 is 49.9 Å². The summed E-state index contributed by atoms with van der Waals surface area (Å²) in [4.78, 5) is 101. The Hall–Kier alpha value is -11.0. The SMILES string of the molecule is CC(C)(C)OC(=O)N1CCC2=NOC(C)(O)C2C1.CCCCC(CC(=O)c1cnc(Br)s1)Cc1c[nH]c2ccccc12.CCCCC(CC(=O)c1cnc(N2CCc3noc(C)c3C2)s1)Cc1c[nH]c2ccccc12.CCCCC(CC(=O)c1cnc(N2CCc3noc(C)c3C2)s1)Cc1c[nH]c2ccccc12.Cc1onc2c1CN(C(=O)OC(C)(C)C)CC2.Cc1onc2c1CNCC2. The molecule has 5 atom stereocenters. The third kappa shape index (κ3) is 26.4. The number of benzene rings is 3. The largest absolute Gasteiger partial charge is 0.444 e. The highest BCUT2D eigenvalue weighted by atomic mass is 79.9. The third-order valence-corrected chi connectivity index (χ3v) is 29.2. The van der Waals surface area contributed by atoms with Crippen molar-refractivity contribution in [2.24, 2.45) is 28.8 Å². The fourth-order valence-corrected chi connectivity index (χ4v) is 21.0. The molecule has 6 aliphatic rings. The van der Waals surface area contributed by atoms with Crippen LogP contribution in [0.1, 0.15) is 266 Å². The quantitative estimate of drug-likeness (QED) is 0.0314. The Morgan fingerprint density at radius 3 is 1.29 bits per heavy atom. The predicted octanol–water partition coefficient (Wildman–Crippen LogP) is 22.5. The monoisotopic (exact) mass is 1960 g/mol. The molecule has 0 spiro atoms. The lowest BCUT2D eigenvalue weighted by atomic mass is 9.89. The van der Waals surface area contributed by atoms with E-state index in [1.54, 1.807) is 35.3 Å². The van der Waals surface area contributed by atoms with E-state index in [1.165, 1.54) is 77.9 Å². The zero-order valence-corrected chi connectivity index (χ0v) is 84.3. The number of hydrogen-bond donors (Lipinski definition) is 5. The van der Waals surface area contributed by atoms with Crippen LogP contribution in [0.15, 0.2) is 137 Å². The van der Waals surface area contributed by atoms with Gasteiger partial charge >= 0.3 is 12.2 Å². The number of halogens is 1. The summed E-state index contributed by atoms with van der Waals surface area (Å²) < 4.78 is 32.3. The maximum absolute atomic E-state index is 13.2. The first-order valence-electron chi connectivity index (χ1n) is 47.5. The number of anilines is 2. The number of unbranched alkanes of at least 4 members (excludes halogenated alkanes) is 3. The first-order chi connectivity index (χ1) is 64.8. The molecule has 6 aliphatic heterocycles. The predicted molar refractivity (Wildman–Crippen MR) is 531 cm³/mol. The molecule has 720 valence electrons. The molecule has 1 saturated heterocycles. The number of Topliss-reactive ketones (excluding diaryl/α,β-unsaturated/α-hetero) is 3. The smallest absolute Gasteiger partial charge is 0.410 e. The van der Waals surface area contributed by atoms with Gasteiger partial charge in [-0.25, -0.2) is 24.5 Å². The van der Waals surface area contributed by atoms with Crippen molar-refractivity contribution < 1.29 is 61.5 Å². The lowest BCUT2D eigenvalue weighted by Gasteiger charge is -2.35. The molecule has 29 nitrogen and oxygen atoms in total. The second-order valence-corrected chi connectivity index (χ2v) is 42.4. The van der Waals surface area contributed by atoms with Crippen molar-refractivity contribution in [3.05, 3.63) is 213 Å². The van der Waals surface area contributed by atoms with Crippen molar-refractivity contribution in [3.8, 4) is 0 Å². The number of ether oxygens (including phenoxy) is 2. The Morgan fingerprint density at radius 2 is 0.881 bits per heavy atom. The number of aliphatic hydroxyl groups is 1. The number of carbonyl (C=O) groups excluding carboxylic acids is 5. The standard InChI is InChI=1S/2C26H30N4O2S.C19H21BrN2OS.C12H20N2O4.C12H18N2O3.C7H10N2O/c2*1-3-4-7-18(12-19-14-27-22-9-6-5-8-20(19)22)13-24(31)25-15-28-26(33-25)30-11-10-23-21(16-30)17(2)32-29-23;1-2-3-6-13(10-17(23)18-12-22-19(20)24-18)9-14-11-21-16-8-5-4-7-15(14)16;1-11(2,3)17-10(15)14-6-5-9-8(7-14)12(4,16)18-13-9;1-8-9-7-14(6-5-10(9)13-17-8)11(15)16-12(2,3)4;1-5-6-4-8-3-2-7(6)9-10-5/h2*5-6,8-9,14-15,18,27H,3-4,7,10-13,16H2,1-2H3;4-5,7-8,11-13,21H,2-3,6,9-10H2,1H3;8,16H,5-7H2,1-4H3;5-7H2,1-4H3;8H,2-4H2,1H3. The summed E-state index contributed by atoms with van der Waals surface area (Å²) in [6, 6.07) is 25.2. The Bertz CT molecular complexity index is 5990. The van der Waals surface area contributed by atoms with E-state index in [4.69, 9.17) is 32.4 Å². The van der Waals surface area contributed by atoms with E-state index >= 15 is 0 Å². The molecule has 13 aromatic rings. The van der Waals surface area contributed by atoms with E-state index in [-0.39, 0.29) is 35.5 Å². The number of piperidine rings is 1. The summed E-state index contributed by atoms with van der Waals surface area (Å²) in [5, 5.41) is 39.0. The normalized spacial score (nSPS) is 16.8. The van der Waals surface area contributed by atoms with E-state index in [1.807, 2.05) is 75.3 Å². The number of aromatic nitrogens is 10. The minimum Gasteiger partial charge on any atom is -0.444 e. The molecular weight excluding hydrogens is 1830 g/mol. The fourth-order valence-electron chi connectivity index (χ4n) is 18.0. The number of rotatable bonds is 26. The first kappa shape index (κ1) is 100.0. The number of aromatic amines is 3. The van der Waals surface area contributed by atoms with E-state index in [0.717, 1.165) is 250 Å². The number of nitrogens with zero attached hydrogens (tertiary/aromatic N) is 12. The molecule has 3 aromatic carbocycles. The van der Waals surface area contributed by atoms with Gasteiger partial charge in [0, 0.05) is 178 Å². The number of hydrogen-bond acceptors (Lipinski definition) is 27. The summed E-state index contributed by atoms with van der Waals surface area (Å²) >= 11 is 7.79. The van der Waals surface area contributed by atoms with Crippen LogP contribution in [0.2, 0.25) is 0 Å². The van der Waals surface area contributed by atoms with Gasteiger partial charge in [-0.3, -0.25) is 14.4 Å². The van der Waals surface area contributed by atoms with Crippen LogP contribution in [0, 0.1) is 51.4 Å². The van der Waals surface area contributed by atoms with Crippen LogP contribution in [-0.2, 0) is 85.4 Å². The molecule has 33 heteroatoms. The van der Waals surface area contributed by atoms with Crippen molar-refractivity contribution in [1.29, 1.82) is 0 Å². The summed E-state index contributed by atoms with van der Waals surface area (Å²) in [5.41, 5.74) is 16.0. The van der Waals surface area contributed by atoms with Gasteiger partial charge in [-0.05, 0) is 176 Å². The van der Waals surface area contributed by atoms with E-state index in [0.29, 0.717) is 69.6 Å². The maximum Gasteiger partial charge on any atom is 0.410 e. The molecule has 0 radical (unpaired) electrons. The van der Waals surface area contributed by atoms with E-state index in [2.05, 4.69) is 193 Å². The number of likely N-dealkylation sites (tertiary alicyclic amines) is 1. The fraction of sp³-hybridized carbons (Fsp3) is 0.500. The summed E-state index contributed by atoms with van der Waals surface area (Å²) in [5.74, 6) is 3.56. The summed E-state index contributed by atoms with van der Waals surface area (Å²) in [7, 11) is 0. The van der Waals surface area contributed by atoms with Crippen molar-refractivity contribution in [2.75, 3.05) is 49.1 Å². The number of carbonyl (C=O) groups is 5. The highest BCUT2D eigenvalue weighted by Crippen LogP contribution is 2.39. The Morgan fingerprint density at radius 1 is 0.504 bits per heavy atom. The second-order valence-electron chi connectivity index (χ2n) is 38.1. The molecule has 0 aliphatic carbocycles. The molecule has 2 amide bonds. The van der Waals surface area contributed by atoms with Gasteiger partial charge in [-0.2, -0.15) is 0 Å². The number of aryl methyl sites for hydroxylation is 4. The third-order valence-electron chi connectivity index (χ3n) is 25.4. The molecule has 1 fully saturated rings. The van der Waals surface area contributed by atoms with Gasteiger partial charge in [0.05, 0.1) is 87.3 Å². The number of nitrogens with one attached hydrogen (secondary N) is 4. The van der Waals surface area contributed by atoms with Crippen LogP contribution in [0.4, 0.5) is 19.9 Å². The zero-order chi connectivity index (χ0) is 95.7. The van der Waals surface area contributed by atoms with Crippen LogP contribution in [-0.4, -0.2) is 157 Å². The van der Waals surface area contributed by atoms with Gasteiger partial charge in [0.15, 0.2) is 31.5 Å². The molecule has 135 heavy (non-hydrogen) atoms. The molecule has 10 aromatic heterocycles. The van der Waals surface area contributed by atoms with Crippen molar-refractivity contribution in [2.45, 2.75) is 269 Å². The van der Waals surface area contributed by atoms with Crippen LogP contribution in [0.25, 0.3) is 32.7 Å². The number of para-hydroxylation sites is 3. The first-order valence-corrected chi connectivity index (χ1v) is 50.8. The average Bonchev–Trinajstić information content (AvgIpc) is 1.65. The highest BCUT2D eigenvalue weighted by molar-refractivity contribution is 9.11. The molecule has 19 rings (SSSR count). The maximum atomic E-state index is 13.2. The Labute approximate surface area is 809 Å². The van der Waals surface area contributed by atoms with Crippen molar-refractivity contribution in [3.63, 3.8) is 0 Å². The summed E-state index contributed by atoms with van der Waals surface area (Å²) in [6.45, 7) is 34.2. The molecule has 0 bridgehead atoms. The number of H-pyrrole nitrogens is 3. The van der Waals surface area contributed by atoms with Gasteiger partial charge in [0.25, 0.3) is 0 Å². The van der Waals surface area contributed by atoms with Crippen LogP contribution in [0.5, 0.6) is 0 Å². The Balaban J connectivity index is 0.000000134. The van der Waals surface area contributed by atoms with Crippen LogP contribution < -0.4 is 15.1 Å². The molecule has 5 N–H and O–H groups in total. The van der Waals surface area contributed by atoms with Crippen molar-refractivity contribution >= 4 is 128 Å². The number of ketones is 3. The van der Waals surface area contributed by atoms with Gasteiger partial charge in [-0.15, -0.1) is 11.3 Å². The minimum atomic E-state index is -1.32. The molecule has 0 saturated carbocycles. The molecular formula is C102H129BrN16O13S3. The topological polar surface area (TPSA) is 361 Å². The molecule has 16 heterocycles. The minimum absolute atomic E-state index is 0.207. The lowest BCUT2D eigenvalue weighted by Crippen LogP contribution is -2.51.